The van der Waals surface area contributed by atoms with Crippen LogP contribution < -0.4 is 5.73 Å². The molecular weight excluding hydrogens is 494 g/mol. The van der Waals surface area contributed by atoms with Gasteiger partial charge in [-0.2, -0.15) is 0 Å². The predicted molar refractivity (Wildman–Crippen MR) is 143 cm³/mol. The zero-order valence-corrected chi connectivity index (χ0v) is 21.0. The number of carbonyl (C=O) groups is 2. The average Bonchev–Trinajstić information content (AvgIpc) is 3.31. The Hall–Kier alpha value is -3.75. The monoisotopic (exact) mass is 517 g/mol. The first-order valence-electron chi connectivity index (χ1n) is 11.5. The van der Waals surface area contributed by atoms with E-state index in [0.29, 0.717) is 36.2 Å². The van der Waals surface area contributed by atoms with Crippen LogP contribution in [0.5, 0.6) is 0 Å². The van der Waals surface area contributed by atoms with Crippen LogP contribution in [0.15, 0.2) is 73.1 Å². The van der Waals surface area contributed by atoms with Gasteiger partial charge in [-0.05, 0) is 41.5 Å². The Morgan fingerprint density at radius 1 is 1.08 bits per heavy atom. The molecule has 36 heavy (non-hydrogen) atoms. The minimum absolute atomic E-state index is 0.0756. The van der Waals surface area contributed by atoms with Gasteiger partial charge in [-0.3, -0.25) is 9.59 Å². The lowest BCUT2D eigenvalue weighted by atomic mass is 10.00. The Bertz CT molecular complexity index is 1440. The van der Waals surface area contributed by atoms with Crippen molar-refractivity contribution < 1.29 is 9.59 Å². The van der Waals surface area contributed by atoms with E-state index in [0.717, 1.165) is 26.9 Å². The van der Waals surface area contributed by atoms with Crippen molar-refractivity contribution in [3.05, 3.63) is 93.4 Å². The van der Waals surface area contributed by atoms with E-state index in [1.54, 1.807) is 17.0 Å². The molecule has 7 nitrogen and oxygen atoms in total. The number of nitrogens with zero attached hydrogens (tertiary/aromatic N) is 4. The van der Waals surface area contributed by atoms with E-state index in [1.807, 2.05) is 59.5 Å². The van der Waals surface area contributed by atoms with Crippen LogP contribution in [-0.4, -0.2) is 50.7 Å². The Morgan fingerprint density at radius 2 is 1.92 bits per heavy atom. The van der Waals surface area contributed by atoms with E-state index in [4.69, 9.17) is 17.3 Å². The maximum absolute atomic E-state index is 13.7. The number of fused-ring (bicyclic) bond motifs is 1. The first-order chi connectivity index (χ1) is 17.5. The highest BCUT2D eigenvalue weighted by molar-refractivity contribution is 7.17. The molecule has 0 saturated carbocycles. The Labute approximate surface area is 217 Å². The molecule has 0 aliphatic carbocycles. The normalized spacial score (nSPS) is 16.2. The van der Waals surface area contributed by atoms with Crippen LogP contribution in [0.2, 0.25) is 4.34 Å². The third-order valence-electron chi connectivity index (χ3n) is 6.23. The fourth-order valence-electron chi connectivity index (χ4n) is 4.40. The Morgan fingerprint density at radius 3 is 2.69 bits per heavy atom. The summed E-state index contributed by atoms with van der Waals surface area (Å²) in [5, 5.41) is 0.781. The largest absolute Gasteiger partial charge is 0.383 e. The van der Waals surface area contributed by atoms with E-state index in [-0.39, 0.29) is 11.8 Å². The number of piperazine rings is 1. The highest BCUT2D eigenvalue weighted by atomic mass is 35.5. The molecule has 2 amide bonds. The number of halogens is 1. The summed E-state index contributed by atoms with van der Waals surface area (Å²) in [6.07, 6.45) is 5.15. The standard InChI is InChI=1S/C27H24ClN5O2S/c28-24-10-7-20(36-24)8-11-25(34)33-13-12-32(27(35)23(33)15-18-4-2-1-3-5-18)16-19-6-9-21-22(14-19)30-17-31-26(21)29/h1-11,14,17,23H,12-13,15-16H2,(H2,29,30,31)/t23-/m0/s1. The van der Waals surface area contributed by atoms with Crippen LogP contribution in [0.3, 0.4) is 0 Å². The number of thiophene rings is 1. The molecule has 0 radical (unpaired) electrons. The number of rotatable bonds is 6. The van der Waals surface area contributed by atoms with Crippen molar-refractivity contribution in [2.45, 2.75) is 19.0 Å². The van der Waals surface area contributed by atoms with Gasteiger partial charge in [0.05, 0.1) is 9.85 Å². The van der Waals surface area contributed by atoms with Gasteiger partial charge in [0, 0.05) is 42.4 Å². The minimum Gasteiger partial charge on any atom is -0.383 e. The minimum atomic E-state index is -0.594. The summed E-state index contributed by atoms with van der Waals surface area (Å²) >= 11 is 7.40. The summed E-state index contributed by atoms with van der Waals surface area (Å²) in [6, 6.07) is 18.6. The third-order valence-corrected chi connectivity index (χ3v) is 7.42. The number of amides is 2. The average molecular weight is 518 g/mol. The van der Waals surface area contributed by atoms with Crippen LogP contribution in [0.25, 0.3) is 17.0 Å². The quantitative estimate of drug-likeness (QED) is 0.382. The smallest absolute Gasteiger partial charge is 0.247 e. The molecule has 2 aromatic heterocycles. The SMILES string of the molecule is Nc1ncnc2cc(CN3CCN(C(=O)C=Cc4ccc(Cl)s4)[C@@H](Cc4ccccc4)C3=O)ccc12. The number of anilines is 1. The van der Waals surface area contributed by atoms with Crippen LogP contribution in [0.1, 0.15) is 16.0 Å². The number of nitrogen functional groups attached to an aromatic ring is 1. The molecule has 182 valence electrons. The summed E-state index contributed by atoms with van der Waals surface area (Å²) in [7, 11) is 0. The van der Waals surface area contributed by atoms with Gasteiger partial charge in [-0.15, -0.1) is 11.3 Å². The van der Waals surface area contributed by atoms with Gasteiger partial charge in [0.1, 0.15) is 18.2 Å². The van der Waals surface area contributed by atoms with Crippen molar-refractivity contribution in [2.75, 3.05) is 18.8 Å². The molecule has 3 heterocycles. The van der Waals surface area contributed by atoms with Gasteiger partial charge < -0.3 is 15.5 Å². The second-order valence-corrected chi connectivity index (χ2v) is 10.3. The van der Waals surface area contributed by atoms with Gasteiger partial charge in [-0.1, -0.05) is 48.0 Å². The van der Waals surface area contributed by atoms with E-state index in [1.165, 1.54) is 23.7 Å². The lowest BCUT2D eigenvalue weighted by Gasteiger charge is -2.40. The topological polar surface area (TPSA) is 92.4 Å². The maximum atomic E-state index is 13.7. The first-order valence-corrected chi connectivity index (χ1v) is 12.7. The Balaban J connectivity index is 1.37. The van der Waals surface area contributed by atoms with Gasteiger partial charge in [0.2, 0.25) is 11.8 Å². The molecule has 9 heteroatoms. The number of hydrogen-bond donors (Lipinski definition) is 1. The molecule has 1 aliphatic rings. The van der Waals surface area contributed by atoms with Crippen molar-refractivity contribution >= 4 is 57.5 Å². The Kier molecular flexibility index (Phi) is 6.97. The second kappa shape index (κ2) is 10.5. The summed E-state index contributed by atoms with van der Waals surface area (Å²) < 4.78 is 0.663. The number of hydrogen-bond acceptors (Lipinski definition) is 6. The van der Waals surface area contributed by atoms with Gasteiger partial charge >= 0.3 is 0 Å². The van der Waals surface area contributed by atoms with Gasteiger partial charge in [0.25, 0.3) is 0 Å². The molecule has 4 aromatic rings. The molecule has 1 aliphatic heterocycles. The van der Waals surface area contributed by atoms with Crippen molar-refractivity contribution in [3.8, 4) is 0 Å². The van der Waals surface area contributed by atoms with Gasteiger partial charge in [0.15, 0.2) is 0 Å². The molecule has 0 bridgehead atoms. The second-order valence-electron chi connectivity index (χ2n) is 8.58. The van der Waals surface area contributed by atoms with Crippen molar-refractivity contribution in [1.29, 1.82) is 0 Å². The highest BCUT2D eigenvalue weighted by Gasteiger charge is 2.36. The van der Waals surface area contributed by atoms with Crippen molar-refractivity contribution in [1.82, 2.24) is 19.8 Å². The maximum Gasteiger partial charge on any atom is 0.247 e. The predicted octanol–water partition coefficient (Wildman–Crippen LogP) is 4.42. The first kappa shape index (κ1) is 24.0. The third kappa shape index (κ3) is 5.24. The van der Waals surface area contributed by atoms with E-state index in [9.17, 15) is 9.59 Å². The van der Waals surface area contributed by atoms with Crippen LogP contribution >= 0.6 is 22.9 Å². The van der Waals surface area contributed by atoms with Crippen LogP contribution in [-0.2, 0) is 22.6 Å². The van der Waals surface area contributed by atoms with Crippen LogP contribution in [0.4, 0.5) is 5.82 Å². The zero-order valence-electron chi connectivity index (χ0n) is 19.4. The fraction of sp³-hybridized carbons (Fsp3) is 0.185. The highest BCUT2D eigenvalue weighted by Crippen LogP contribution is 2.24. The molecule has 2 aromatic carbocycles. The van der Waals surface area contributed by atoms with Crippen molar-refractivity contribution in [2.24, 2.45) is 0 Å². The van der Waals surface area contributed by atoms with E-state index >= 15 is 0 Å². The van der Waals surface area contributed by atoms with E-state index in [2.05, 4.69) is 9.97 Å². The molecule has 0 spiro atoms. The lowest BCUT2D eigenvalue weighted by molar-refractivity contribution is -0.149. The molecule has 1 atom stereocenters. The number of aromatic nitrogens is 2. The van der Waals surface area contributed by atoms with Crippen LogP contribution in [0, 0.1) is 0 Å². The summed E-state index contributed by atoms with van der Waals surface area (Å²) in [4.78, 5) is 39.6. The summed E-state index contributed by atoms with van der Waals surface area (Å²) in [5.74, 6) is 0.162. The molecule has 2 N–H and O–H groups in total. The molecule has 1 saturated heterocycles. The molecule has 5 rings (SSSR count). The summed E-state index contributed by atoms with van der Waals surface area (Å²) in [6.45, 7) is 1.31. The fourth-order valence-corrected chi connectivity index (χ4v) is 5.37. The van der Waals surface area contributed by atoms with E-state index < -0.39 is 6.04 Å². The molecule has 1 fully saturated rings. The molecular formula is C27H24ClN5O2S. The number of benzene rings is 2. The van der Waals surface area contributed by atoms with Crippen molar-refractivity contribution in [3.63, 3.8) is 0 Å². The summed E-state index contributed by atoms with van der Waals surface area (Å²) in [5.41, 5.74) is 8.63. The van der Waals surface area contributed by atoms with Gasteiger partial charge in [-0.25, -0.2) is 9.97 Å². The zero-order chi connectivity index (χ0) is 25.1. The molecule has 0 unspecified atom stereocenters. The number of carbonyl (C=O) groups excluding carboxylic acids is 2. The lowest BCUT2D eigenvalue weighted by Crippen LogP contribution is -2.58. The number of nitrogens with two attached hydrogens (primary N) is 1.